The summed E-state index contributed by atoms with van der Waals surface area (Å²) >= 11 is 0. The third-order valence-electron chi connectivity index (χ3n) is 11.6. The van der Waals surface area contributed by atoms with E-state index in [1.165, 1.54) is 38.3 Å². The molecule has 9 N–H and O–H groups in total. The minimum absolute atomic E-state index is 0.0259. The zero-order valence-corrected chi connectivity index (χ0v) is 30.5. The summed E-state index contributed by atoms with van der Waals surface area (Å²) in [5.41, 5.74) is -6.61. The lowest BCUT2D eigenvalue weighted by Gasteiger charge is -2.57. The molecule has 4 fully saturated rings. The molecule has 0 aromatic heterocycles. The van der Waals surface area contributed by atoms with Crippen molar-refractivity contribution in [3.63, 3.8) is 0 Å². The SMILES string of the molecule is CC(/C=C/[C@@]1(O)C(C)(C)CCC[C@@]1(C)O[C@@H]1O[C@H](C)[C@@H](O)[C@H](O)[C@H]1O)=C\C(=O)O[C@]12CC=CO[C@@]1(O[C@@H]1O[C@H](CO)[C@@H](O)[C@H](O)[C@H]1O)C[C@](C)(O)C2. The first-order chi connectivity index (χ1) is 24.1. The summed E-state index contributed by atoms with van der Waals surface area (Å²) in [7, 11) is 0. The fourth-order valence-corrected chi connectivity index (χ4v) is 8.52. The van der Waals surface area contributed by atoms with Crippen LogP contribution in [0.15, 0.2) is 36.1 Å². The molecule has 2 aliphatic carbocycles. The van der Waals surface area contributed by atoms with Crippen molar-refractivity contribution in [3.05, 3.63) is 36.1 Å². The molecule has 0 aromatic rings. The Balaban J connectivity index is 1.38. The molecule has 52 heavy (non-hydrogen) atoms. The zero-order chi connectivity index (χ0) is 38.7. The van der Waals surface area contributed by atoms with Crippen molar-refractivity contribution in [2.24, 2.45) is 5.41 Å². The van der Waals surface area contributed by atoms with Crippen molar-refractivity contribution in [2.45, 2.75) is 170 Å². The number of rotatable bonds is 9. The number of hydrogen-bond acceptors (Lipinski definition) is 16. The Labute approximate surface area is 302 Å². The quantitative estimate of drug-likeness (QED) is 0.0804. The van der Waals surface area contributed by atoms with Gasteiger partial charge in [-0.3, -0.25) is 0 Å². The predicted octanol–water partition coefficient (Wildman–Crippen LogP) is -0.693. The molecule has 0 radical (unpaired) electrons. The number of aliphatic hydroxyl groups is 9. The van der Waals surface area contributed by atoms with E-state index in [-0.39, 0.29) is 19.3 Å². The number of carbonyl (C=O) groups is 1. The summed E-state index contributed by atoms with van der Waals surface area (Å²) in [5, 5.41) is 95.8. The maximum atomic E-state index is 13.6. The Morgan fingerprint density at radius 3 is 2.15 bits per heavy atom. The molecular formula is C36H56O16. The Morgan fingerprint density at radius 1 is 0.865 bits per heavy atom. The number of hydrogen-bond donors (Lipinski definition) is 9. The number of allylic oxidation sites excluding steroid dienone is 2. The largest absolute Gasteiger partial charge is 0.466 e. The Hall–Kier alpha value is -2.03. The van der Waals surface area contributed by atoms with Gasteiger partial charge < -0.3 is 74.4 Å². The van der Waals surface area contributed by atoms with Crippen molar-refractivity contribution in [2.75, 3.05) is 6.61 Å². The van der Waals surface area contributed by atoms with E-state index in [4.69, 9.17) is 28.4 Å². The van der Waals surface area contributed by atoms with Gasteiger partial charge in [-0.1, -0.05) is 19.9 Å². The van der Waals surface area contributed by atoms with Crippen LogP contribution in [0.2, 0.25) is 0 Å². The molecule has 5 aliphatic rings. The van der Waals surface area contributed by atoms with Crippen LogP contribution < -0.4 is 0 Å². The van der Waals surface area contributed by atoms with Crippen LogP contribution in [0.5, 0.6) is 0 Å². The van der Waals surface area contributed by atoms with E-state index >= 15 is 0 Å². The molecule has 5 rings (SSSR count). The van der Waals surface area contributed by atoms with Crippen molar-refractivity contribution >= 4 is 5.97 Å². The van der Waals surface area contributed by atoms with Crippen LogP contribution in [0.3, 0.4) is 0 Å². The van der Waals surface area contributed by atoms with E-state index < -0.39 is 108 Å². The second kappa shape index (κ2) is 14.6. The first-order valence-corrected chi connectivity index (χ1v) is 17.8. The molecule has 15 atom stereocenters. The molecule has 3 aliphatic heterocycles. The molecule has 296 valence electrons. The summed E-state index contributed by atoms with van der Waals surface area (Å²) in [4.78, 5) is 13.6. The third-order valence-corrected chi connectivity index (χ3v) is 11.6. The zero-order valence-electron chi connectivity index (χ0n) is 30.5. The maximum Gasteiger partial charge on any atom is 0.331 e. The highest BCUT2D eigenvalue weighted by Crippen LogP contribution is 2.56. The van der Waals surface area contributed by atoms with E-state index in [0.29, 0.717) is 24.8 Å². The van der Waals surface area contributed by atoms with E-state index in [1.807, 2.05) is 13.8 Å². The van der Waals surface area contributed by atoms with Crippen molar-refractivity contribution in [1.29, 1.82) is 0 Å². The second-order valence-electron chi connectivity index (χ2n) is 16.3. The van der Waals surface area contributed by atoms with Gasteiger partial charge in [0.25, 0.3) is 5.79 Å². The highest BCUT2D eigenvalue weighted by molar-refractivity contribution is 5.83. The Bertz CT molecular complexity index is 1400. The van der Waals surface area contributed by atoms with Gasteiger partial charge in [-0.05, 0) is 70.1 Å². The summed E-state index contributed by atoms with van der Waals surface area (Å²) in [6, 6.07) is 0. The standard InChI is InChI=1S/C36H56O16/c1-19(9-13-35(46)31(3,4)10-7-11-33(35,6)51-29-27(43)25(41)23(39)20(2)48-29)15-22(38)50-34-12-8-14-47-36(34,18-32(5,45)17-34)52-30-28(44)26(42)24(40)21(16-37)49-30/h8-9,13-15,20-21,23-30,37,39-46H,7,10-12,16-18H2,1-6H3/b13-9+,19-15+/t20-,21-,23-,24-,25+,26+,27-,28-,29+,30+,32-,33-,34+,35-,36-/m1/s1. The van der Waals surface area contributed by atoms with Gasteiger partial charge in [0, 0.05) is 25.3 Å². The van der Waals surface area contributed by atoms with Gasteiger partial charge in [-0.2, -0.15) is 0 Å². The van der Waals surface area contributed by atoms with Crippen LogP contribution in [-0.4, -0.2) is 148 Å². The van der Waals surface area contributed by atoms with Crippen LogP contribution in [0, 0.1) is 5.41 Å². The maximum absolute atomic E-state index is 13.6. The molecule has 0 bridgehead atoms. The summed E-state index contributed by atoms with van der Waals surface area (Å²) in [6.07, 6.45) is -6.37. The highest BCUT2D eigenvalue weighted by atomic mass is 16.8. The van der Waals surface area contributed by atoms with Gasteiger partial charge in [0.2, 0.25) is 0 Å². The first kappa shape index (κ1) is 41.1. The molecule has 0 amide bonds. The molecule has 0 spiro atoms. The third kappa shape index (κ3) is 7.23. The molecule has 2 saturated heterocycles. The van der Waals surface area contributed by atoms with E-state index in [0.717, 1.165) is 0 Å². The molecule has 3 heterocycles. The second-order valence-corrected chi connectivity index (χ2v) is 16.3. The highest BCUT2D eigenvalue weighted by Gasteiger charge is 2.70. The molecule has 0 unspecified atom stereocenters. The monoisotopic (exact) mass is 744 g/mol. The van der Waals surface area contributed by atoms with Gasteiger partial charge in [-0.15, -0.1) is 0 Å². The molecule has 2 saturated carbocycles. The minimum atomic E-state index is -1.92. The number of esters is 1. The molecule has 0 aromatic carbocycles. The Kier molecular flexibility index (Phi) is 11.5. The van der Waals surface area contributed by atoms with E-state index in [9.17, 15) is 50.8 Å². The smallest absolute Gasteiger partial charge is 0.331 e. The predicted molar refractivity (Wildman–Crippen MR) is 178 cm³/mol. The van der Waals surface area contributed by atoms with Crippen LogP contribution in [0.25, 0.3) is 0 Å². The average Bonchev–Trinajstić information content (AvgIpc) is 3.29. The lowest BCUT2D eigenvalue weighted by molar-refractivity contribution is -0.391. The van der Waals surface area contributed by atoms with Gasteiger partial charge in [0.05, 0.1) is 24.6 Å². The van der Waals surface area contributed by atoms with Gasteiger partial charge in [-0.25, -0.2) is 4.79 Å². The molecular weight excluding hydrogens is 688 g/mol. The fraction of sp³-hybridized carbons (Fsp3) is 0.806. The van der Waals surface area contributed by atoms with Crippen molar-refractivity contribution in [1.82, 2.24) is 0 Å². The van der Waals surface area contributed by atoms with E-state index in [1.54, 1.807) is 19.9 Å². The normalized spacial score (nSPS) is 49.4. The number of fused-ring (bicyclic) bond motifs is 1. The van der Waals surface area contributed by atoms with Crippen molar-refractivity contribution < 1.29 is 79.2 Å². The van der Waals surface area contributed by atoms with Crippen LogP contribution in [0.4, 0.5) is 0 Å². The van der Waals surface area contributed by atoms with Crippen molar-refractivity contribution in [3.8, 4) is 0 Å². The summed E-state index contributed by atoms with van der Waals surface area (Å²) in [5.74, 6) is -2.77. The van der Waals surface area contributed by atoms with Gasteiger partial charge in [0.1, 0.15) is 53.9 Å². The molecule has 16 heteroatoms. The lowest BCUT2D eigenvalue weighted by atomic mass is 9.58. The fourth-order valence-electron chi connectivity index (χ4n) is 8.52. The average molecular weight is 745 g/mol. The molecule has 16 nitrogen and oxygen atoms in total. The summed E-state index contributed by atoms with van der Waals surface area (Å²) < 4.78 is 35.6. The van der Waals surface area contributed by atoms with Crippen LogP contribution >= 0.6 is 0 Å². The van der Waals surface area contributed by atoms with Crippen LogP contribution in [0.1, 0.15) is 80.1 Å². The Morgan fingerprint density at radius 2 is 1.50 bits per heavy atom. The minimum Gasteiger partial charge on any atom is -0.466 e. The first-order valence-electron chi connectivity index (χ1n) is 17.8. The number of carbonyl (C=O) groups excluding carboxylic acids is 1. The van der Waals surface area contributed by atoms with E-state index in [2.05, 4.69) is 0 Å². The number of aliphatic hydroxyl groups excluding tert-OH is 7. The van der Waals surface area contributed by atoms with Gasteiger partial charge >= 0.3 is 5.97 Å². The van der Waals surface area contributed by atoms with Gasteiger partial charge in [0.15, 0.2) is 18.2 Å². The topological polar surface area (TPSA) is 255 Å². The lowest BCUT2D eigenvalue weighted by Crippen LogP contribution is -2.67. The number of ether oxygens (including phenoxy) is 6. The summed E-state index contributed by atoms with van der Waals surface area (Å²) in [6.45, 7) is 9.35. The van der Waals surface area contributed by atoms with Crippen LogP contribution in [-0.2, 0) is 33.2 Å².